The van der Waals surface area contributed by atoms with Crippen LogP contribution in [0.5, 0.6) is 0 Å². The molecule has 1 spiro atoms. The first-order chi connectivity index (χ1) is 17.6. The molecular weight excluding hydrogens is 460 g/mol. The highest BCUT2D eigenvalue weighted by atomic mass is 16.7. The van der Waals surface area contributed by atoms with E-state index in [1.807, 2.05) is 0 Å². The van der Waals surface area contributed by atoms with E-state index < -0.39 is 0 Å². The Labute approximate surface area is 226 Å². The molecular formula is C33H54O4. The van der Waals surface area contributed by atoms with Gasteiger partial charge in [0.05, 0.1) is 12.7 Å². The van der Waals surface area contributed by atoms with Crippen molar-refractivity contribution in [3.05, 3.63) is 0 Å². The number of carbonyl (C=O) groups excluding carboxylic acids is 1. The van der Waals surface area contributed by atoms with Gasteiger partial charge in [-0.1, -0.05) is 48.0 Å². The van der Waals surface area contributed by atoms with Gasteiger partial charge in [0.2, 0.25) is 0 Å². The average molecular weight is 515 g/mol. The van der Waals surface area contributed by atoms with E-state index in [1.165, 1.54) is 44.9 Å². The van der Waals surface area contributed by atoms with Gasteiger partial charge in [0.25, 0.3) is 0 Å². The molecule has 0 amide bonds. The molecule has 0 radical (unpaired) electrons. The van der Waals surface area contributed by atoms with Crippen LogP contribution < -0.4 is 0 Å². The van der Waals surface area contributed by atoms with Crippen LogP contribution in [0.4, 0.5) is 0 Å². The maximum atomic E-state index is 12.5. The minimum atomic E-state index is -0.305. The highest BCUT2D eigenvalue weighted by molar-refractivity contribution is 5.69. The molecule has 2 saturated heterocycles. The molecule has 0 aromatic carbocycles. The third-order valence-corrected chi connectivity index (χ3v) is 13.4. The van der Waals surface area contributed by atoms with Crippen molar-refractivity contribution < 1.29 is 19.0 Å². The predicted octanol–water partition coefficient (Wildman–Crippen LogP) is 7.78. The second-order valence-electron chi connectivity index (χ2n) is 15.3. The fourth-order valence-corrected chi connectivity index (χ4v) is 11.0. The molecule has 210 valence electrons. The van der Waals surface area contributed by atoms with Crippen LogP contribution in [0, 0.1) is 58.2 Å². The van der Waals surface area contributed by atoms with Crippen LogP contribution in [0.25, 0.3) is 0 Å². The number of esters is 1. The smallest absolute Gasteiger partial charge is 0.306 e. The van der Waals surface area contributed by atoms with Crippen molar-refractivity contribution in [1.29, 1.82) is 0 Å². The molecule has 6 aliphatic rings. The van der Waals surface area contributed by atoms with E-state index in [1.54, 1.807) is 0 Å². The molecule has 4 heteroatoms. The molecule has 6 fully saturated rings. The van der Waals surface area contributed by atoms with Crippen molar-refractivity contribution in [2.45, 2.75) is 137 Å². The summed E-state index contributed by atoms with van der Waals surface area (Å²) in [6, 6.07) is 0. The Kier molecular flexibility index (Phi) is 6.83. The zero-order chi connectivity index (χ0) is 26.2. The molecule has 2 aliphatic heterocycles. The van der Waals surface area contributed by atoms with Gasteiger partial charge in [0, 0.05) is 18.8 Å². The molecule has 6 rings (SSSR count). The minimum absolute atomic E-state index is 0.0332. The summed E-state index contributed by atoms with van der Waals surface area (Å²) in [5.74, 6) is 5.15. The van der Waals surface area contributed by atoms with E-state index in [0.29, 0.717) is 52.9 Å². The van der Waals surface area contributed by atoms with E-state index in [-0.39, 0.29) is 17.9 Å². The topological polar surface area (TPSA) is 44.8 Å². The largest absolute Gasteiger partial charge is 0.462 e. The van der Waals surface area contributed by atoms with E-state index in [2.05, 4.69) is 41.5 Å². The van der Waals surface area contributed by atoms with Crippen LogP contribution in [-0.2, 0) is 19.0 Å². The predicted molar refractivity (Wildman–Crippen MR) is 146 cm³/mol. The number of hydrogen-bond donors (Lipinski definition) is 0. The number of fused-ring (bicyclic) bond motifs is 7. The van der Waals surface area contributed by atoms with Gasteiger partial charge in [-0.25, -0.2) is 0 Å². The third kappa shape index (κ3) is 4.16. The van der Waals surface area contributed by atoms with Crippen LogP contribution >= 0.6 is 0 Å². The molecule has 0 N–H and O–H groups in total. The van der Waals surface area contributed by atoms with Gasteiger partial charge in [0.1, 0.15) is 6.10 Å². The first kappa shape index (κ1) is 26.6. The Bertz CT molecular complexity index is 862. The molecule has 4 nitrogen and oxygen atoms in total. The fraction of sp³-hybridized carbons (Fsp3) is 0.970. The van der Waals surface area contributed by atoms with Crippen LogP contribution in [0.2, 0.25) is 0 Å². The first-order valence-corrected chi connectivity index (χ1v) is 16.1. The molecule has 37 heavy (non-hydrogen) atoms. The highest BCUT2D eigenvalue weighted by Crippen LogP contribution is 2.71. The zero-order valence-electron chi connectivity index (χ0n) is 24.6. The molecule has 13 atom stereocenters. The fourth-order valence-electron chi connectivity index (χ4n) is 11.0. The second-order valence-corrected chi connectivity index (χ2v) is 15.3. The lowest BCUT2D eigenvalue weighted by atomic mass is 9.44. The number of ether oxygens (including phenoxy) is 3. The van der Waals surface area contributed by atoms with Crippen molar-refractivity contribution in [3.8, 4) is 0 Å². The number of hydrogen-bond acceptors (Lipinski definition) is 4. The van der Waals surface area contributed by atoms with E-state index in [0.717, 1.165) is 50.0 Å². The van der Waals surface area contributed by atoms with E-state index >= 15 is 0 Å². The first-order valence-electron chi connectivity index (χ1n) is 16.1. The van der Waals surface area contributed by atoms with Crippen molar-refractivity contribution in [1.82, 2.24) is 0 Å². The highest BCUT2D eigenvalue weighted by Gasteiger charge is 2.69. The maximum absolute atomic E-state index is 12.5. The van der Waals surface area contributed by atoms with Crippen LogP contribution in [0.3, 0.4) is 0 Å². The standard InChI is InChI=1S/C33H54O4/c1-7-20(2)16-29(34)36-24-11-13-31(5)23(17-24)8-9-25-26(31)12-14-32(6)27(25)18-28-30(32)22(4)33(37-28)15-10-21(3)19-35-33/h20-28,30H,7-19H2,1-6H3/t20-,21-,22+,23+,24+,25+,26-,27+,28-,30-,31-,32-,33+/m0/s1. The zero-order valence-corrected chi connectivity index (χ0v) is 24.6. The van der Waals surface area contributed by atoms with E-state index in [4.69, 9.17) is 14.2 Å². The Morgan fingerprint density at radius 2 is 1.76 bits per heavy atom. The summed E-state index contributed by atoms with van der Waals surface area (Å²) in [5, 5.41) is 0. The van der Waals surface area contributed by atoms with Gasteiger partial charge in [-0.2, -0.15) is 0 Å². The molecule has 2 heterocycles. The Balaban J connectivity index is 1.13. The van der Waals surface area contributed by atoms with Crippen molar-refractivity contribution in [2.75, 3.05) is 6.61 Å². The summed E-state index contributed by atoms with van der Waals surface area (Å²) < 4.78 is 19.5. The summed E-state index contributed by atoms with van der Waals surface area (Å²) in [5.41, 5.74) is 0.810. The summed E-state index contributed by atoms with van der Waals surface area (Å²) in [6.07, 6.45) is 14.6. The van der Waals surface area contributed by atoms with Crippen molar-refractivity contribution >= 4 is 5.97 Å². The lowest BCUT2D eigenvalue weighted by Crippen LogP contribution is -2.55. The summed E-state index contributed by atoms with van der Waals surface area (Å²) in [6.45, 7) is 15.2. The van der Waals surface area contributed by atoms with Crippen molar-refractivity contribution in [2.24, 2.45) is 58.2 Å². The SMILES string of the molecule is CC[C@H](C)CC(=O)O[C@@H]1CC[C@@]2(C)[C@H](CC[C@H]3[C@H]4C[C@@H]5O[C@]6(CC[C@H](C)CO6)[C@H](C)[C@@H]5[C@@]4(C)CC[C@@H]32)C1. The lowest BCUT2D eigenvalue weighted by molar-refractivity contribution is -0.273. The van der Waals surface area contributed by atoms with Crippen LogP contribution in [0.1, 0.15) is 119 Å². The van der Waals surface area contributed by atoms with Gasteiger partial charge < -0.3 is 14.2 Å². The molecule has 0 bridgehead atoms. The van der Waals surface area contributed by atoms with Gasteiger partial charge >= 0.3 is 5.97 Å². The van der Waals surface area contributed by atoms with Crippen molar-refractivity contribution in [3.63, 3.8) is 0 Å². The lowest BCUT2D eigenvalue weighted by Gasteiger charge is -2.61. The monoisotopic (exact) mass is 514 g/mol. The Morgan fingerprint density at radius 3 is 2.49 bits per heavy atom. The summed E-state index contributed by atoms with van der Waals surface area (Å²) >= 11 is 0. The van der Waals surface area contributed by atoms with Crippen LogP contribution in [-0.4, -0.2) is 30.6 Å². The quantitative estimate of drug-likeness (QED) is 0.359. The molecule has 4 saturated carbocycles. The molecule has 4 aliphatic carbocycles. The normalized spacial score (nSPS) is 53.6. The summed E-state index contributed by atoms with van der Waals surface area (Å²) in [4.78, 5) is 12.5. The van der Waals surface area contributed by atoms with Gasteiger partial charge in [-0.15, -0.1) is 0 Å². The van der Waals surface area contributed by atoms with Gasteiger partial charge in [-0.3, -0.25) is 4.79 Å². The van der Waals surface area contributed by atoms with Gasteiger partial charge in [0.15, 0.2) is 5.79 Å². The minimum Gasteiger partial charge on any atom is -0.462 e. The molecule has 0 aromatic rings. The summed E-state index contributed by atoms with van der Waals surface area (Å²) in [7, 11) is 0. The Morgan fingerprint density at radius 1 is 0.973 bits per heavy atom. The van der Waals surface area contributed by atoms with Crippen LogP contribution in [0.15, 0.2) is 0 Å². The second kappa shape index (κ2) is 9.50. The number of carbonyl (C=O) groups is 1. The average Bonchev–Trinajstić information content (AvgIpc) is 3.31. The van der Waals surface area contributed by atoms with E-state index in [9.17, 15) is 4.79 Å². The molecule has 0 unspecified atom stereocenters. The van der Waals surface area contributed by atoms with Gasteiger partial charge in [-0.05, 0) is 110 Å². The maximum Gasteiger partial charge on any atom is 0.306 e. The third-order valence-electron chi connectivity index (χ3n) is 13.4. The Hall–Kier alpha value is -0.610. The molecule has 0 aromatic heterocycles. The number of rotatable bonds is 4.